The van der Waals surface area contributed by atoms with Crippen LogP contribution in [0.25, 0.3) is 6.08 Å². The van der Waals surface area contributed by atoms with Gasteiger partial charge in [0.05, 0.1) is 43.2 Å². The molecule has 1 aromatic rings. The van der Waals surface area contributed by atoms with Crippen LogP contribution in [0.5, 0.6) is 0 Å². The van der Waals surface area contributed by atoms with Crippen molar-refractivity contribution in [3.63, 3.8) is 0 Å². The van der Waals surface area contributed by atoms with Crippen LogP contribution >= 0.6 is 0 Å². The Balaban J connectivity index is 2.39. The molecular formula is C13H18N4O4. The quantitative estimate of drug-likeness (QED) is 0.609. The molecule has 8 nitrogen and oxygen atoms in total. The Hall–Kier alpha value is -2.19. The molecule has 114 valence electrons. The standard InChI is InChI=1S/C13H18N4O4/c1-8-10(12(20)16(14-8)3-5-18)7-11-9(2)15-17(4-6-19)13(11)21/h7,14,18-19H,3-6H2,1-2H3/b11-7-. The number of aliphatic hydroxyl groups is 2. The Morgan fingerprint density at radius 2 is 1.86 bits per heavy atom. The molecule has 2 rings (SSSR count). The maximum absolute atomic E-state index is 12.2. The number of carbonyl (C=O) groups excluding carboxylic acids is 1. The van der Waals surface area contributed by atoms with Crippen LogP contribution in [0.2, 0.25) is 0 Å². The molecule has 1 aliphatic heterocycles. The van der Waals surface area contributed by atoms with Crippen LogP contribution in [0.15, 0.2) is 15.5 Å². The van der Waals surface area contributed by atoms with Crippen molar-refractivity contribution in [3.8, 4) is 0 Å². The Morgan fingerprint density at radius 3 is 2.48 bits per heavy atom. The van der Waals surface area contributed by atoms with E-state index in [0.29, 0.717) is 22.5 Å². The Bertz CT molecular complexity index is 668. The lowest BCUT2D eigenvalue weighted by Gasteiger charge is -2.08. The molecule has 0 saturated heterocycles. The van der Waals surface area contributed by atoms with Gasteiger partial charge in [0.1, 0.15) is 0 Å². The van der Waals surface area contributed by atoms with Crippen LogP contribution in [0.4, 0.5) is 0 Å². The lowest BCUT2D eigenvalue weighted by Crippen LogP contribution is -2.25. The van der Waals surface area contributed by atoms with Crippen LogP contribution < -0.4 is 5.56 Å². The maximum atomic E-state index is 12.2. The molecule has 2 heterocycles. The highest BCUT2D eigenvalue weighted by Crippen LogP contribution is 2.17. The van der Waals surface area contributed by atoms with Crippen LogP contribution in [-0.2, 0) is 11.3 Å². The first-order valence-corrected chi connectivity index (χ1v) is 6.59. The van der Waals surface area contributed by atoms with Gasteiger partial charge in [0.2, 0.25) is 0 Å². The van der Waals surface area contributed by atoms with E-state index in [1.54, 1.807) is 13.8 Å². The zero-order valence-electron chi connectivity index (χ0n) is 12.0. The predicted octanol–water partition coefficient (Wildman–Crippen LogP) is -0.929. The first kappa shape index (κ1) is 15.2. The van der Waals surface area contributed by atoms with E-state index < -0.39 is 0 Å². The van der Waals surface area contributed by atoms with E-state index in [1.165, 1.54) is 15.8 Å². The van der Waals surface area contributed by atoms with Crippen molar-refractivity contribution in [3.05, 3.63) is 27.2 Å². The molecule has 0 aliphatic carbocycles. The molecule has 0 saturated carbocycles. The first-order chi connectivity index (χ1) is 9.99. The van der Waals surface area contributed by atoms with E-state index in [-0.39, 0.29) is 37.8 Å². The number of aromatic amines is 1. The van der Waals surface area contributed by atoms with Gasteiger partial charge in [0.25, 0.3) is 11.5 Å². The van der Waals surface area contributed by atoms with Gasteiger partial charge in [-0.25, -0.2) is 5.01 Å². The van der Waals surface area contributed by atoms with E-state index >= 15 is 0 Å². The zero-order valence-corrected chi connectivity index (χ0v) is 12.0. The second kappa shape index (κ2) is 6.06. The largest absolute Gasteiger partial charge is 0.394 e. The van der Waals surface area contributed by atoms with Gasteiger partial charge in [-0.3, -0.25) is 19.4 Å². The van der Waals surface area contributed by atoms with E-state index in [9.17, 15) is 9.59 Å². The molecule has 0 aromatic carbocycles. The number of aliphatic hydroxyl groups excluding tert-OH is 2. The number of carbonyl (C=O) groups is 1. The third kappa shape index (κ3) is 2.81. The fourth-order valence-electron chi connectivity index (χ4n) is 2.18. The minimum Gasteiger partial charge on any atom is -0.394 e. The summed E-state index contributed by atoms with van der Waals surface area (Å²) in [5.41, 5.74) is 1.52. The molecule has 8 heteroatoms. The number of rotatable bonds is 5. The lowest BCUT2D eigenvalue weighted by molar-refractivity contribution is -0.126. The van der Waals surface area contributed by atoms with E-state index in [0.717, 1.165) is 0 Å². The minimum atomic E-state index is -0.338. The molecule has 0 fully saturated rings. The number of β-amino-alcohol motifs (C(OH)–C–C–N with tert-alkyl or cyclic N) is 1. The van der Waals surface area contributed by atoms with Gasteiger partial charge in [-0.2, -0.15) is 5.10 Å². The highest BCUT2D eigenvalue weighted by molar-refractivity contribution is 6.26. The molecule has 1 amide bonds. The summed E-state index contributed by atoms with van der Waals surface area (Å²) in [6.45, 7) is 3.35. The van der Waals surface area contributed by atoms with Crippen molar-refractivity contribution in [2.24, 2.45) is 5.10 Å². The first-order valence-electron chi connectivity index (χ1n) is 6.59. The molecular weight excluding hydrogens is 276 g/mol. The smallest absolute Gasteiger partial charge is 0.275 e. The molecule has 0 atom stereocenters. The molecule has 0 unspecified atom stereocenters. The Morgan fingerprint density at radius 1 is 1.19 bits per heavy atom. The van der Waals surface area contributed by atoms with Crippen LogP contribution in [0, 0.1) is 6.92 Å². The van der Waals surface area contributed by atoms with Crippen LogP contribution in [-0.4, -0.2) is 56.4 Å². The number of hydrogen-bond donors (Lipinski definition) is 3. The third-order valence-corrected chi connectivity index (χ3v) is 3.23. The summed E-state index contributed by atoms with van der Waals surface area (Å²) in [5.74, 6) is -0.338. The molecule has 1 aliphatic rings. The van der Waals surface area contributed by atoms with Gasteiger partial charge in [0.15, 0.2) is 0 Å². The zero-order chi connectivity index (χ0) is 15.6. The number of nitrogens with zero attached hydrogens (tertiary/aromatic N) is 3. The average Bonchev–Trinajstić information content (AvgIpc) is 2.84. The van der Waals surface area contributed by atoms with E-state index in [2.05, 4.69) is 10.2 Å². The highest BCUT2D eigenvalue weighted by atomic mass is 16.3. The molecule has 21 heavy (non-hydrogen) atoms. The molecule has 0 radical (unpaired) electrons. The number of aromatic nitrogens is 2. The number of hydrazone groups is 1. The lowest BCUT2D eigenvalue weighted by atomic mass is 10.1. The minimum absolute atomic E-state index is 0.119. The second-order valence-electron chi connectivity index (χ2n) is 4.73. The summed E-state index contributed by atoms with van der Waals surface area (Å²) in [5, 5.41) is 25.9. The predicted molar refractivity (Wildman–Crippen MR) is 76.8 cm³/mol. The van der Waals surface area contributed by atoms with Crippen molar-refractivity contribution in [1.29, 1.82) is 0 Å². The topological polar surface area (TPSA) is 111 Å². The summed E-state index contributed by atoms with van der Waals surface area (Å²) in [4.78, 5) is 24.3. The fourth-order valence-corrected chi connectivity index (χ4v) is 2.18. The summed E-state index contributed by atoms with van der Waals surface area (Å²) in [7, 11) is 0. The molecule has 0 spiro atoms. The van der Waals surface area contributed by atoms with Gasteiger partial charge < -0.3 is 10.2 Å². The summed E-state index contributed by atoms with van der Waals surface area (Å²) < 4.78 is 1.29. The van der Waals surface area contributed by atoms with Crippen LogP contribution in [0.1, 0.15) is 18.2 Å². The van der Waals surface area contributed by atoms with E-state index in [4.69, 9.17) is 10.2 Å². The van der Waals surface area contributed by atoms with Gasteiger partial charge in [0, 0.05) is 5.69 Å². The molecule has 3 N–H and O–H groups in total. The number of hydrogen-bond acceptors (Lipinski definition) is 5. The second-order valence-corrected chi connectivity index (χ2v) is 4.73. The number of nitrogens with one attached hydrogen (secondary N) is 1. The molecule has 0 bridgehead atoms. The number of amides is 1. The molecule has 1 aromatic heterocycles. The summed E-state index contributed by atoms with van der Waals surface area (Å²) in [6, 6.07) is 0. The number of aryl methyl sites for hydroxylation is 1. The average molecular weight is 294 g/mol. The van der Waals surface area contributed by atoms with Gasteiger partial charge in [-0.1, -0.05) is 0 Å². The highest BCUT2D eigenvalue weighted by Gasteiger charge is 2.27. The van der Waals surface area contributed by atoms with Gasteiger partial charge in [-0.15, -0.1) is 0 Å². The number of H-pyrrole nitrogens is 1. The van der Waals surface area contributed by atoms with Crippen molar-refractivity contribution >= 4 is 17.7 Å². The Labute approximate surface area is 121 Å². The van der Waals surface area contributed by atoms with E-state index in [1.807, 2.05) is 0 Å². The fraction of sp³-hybridized carbons (Fsp3) is 0.462. The van der Waals surface area contributed by atoms with Crippen molar-refractivity contribution in [2.45, 2.75) is 20.4 Å². The maximum Gasteiger partial charge on any atom is 0.275 e. The van der Waals surface area contributed by atoms with Crippen molar-refractivity contribution < 1.29 is 15.0 Å². The van der Waals surface area contributed by atoms with Crippen molar-refractivity contribution in [1.82, 2.24) is 14.8 Å². The summed E-state index contributed by atoms with van der Waals surface area (Å²) >= 11 is 0. The van der Waals surface area contributed by atoms with Crippen molar-refractivity contribution in [2.75, 3.05) is 19.8 Å². The van der Waals surface area contributed by atoms with Gasteiger partial charge in [-0.05, 0) is 19.9 Å². The SMILES string of the molecule is CC1=NN(CCO)C(=O)/C1=C\c1c(C)[nH]n(CCO)c1=O. The third-order valence-electron chi connectivity index (χ3n) is 3.23. The Kier molecular flexibility index (Phi) is 4.39. The normalized spacial score (nSPS) is 17.0. The van der Waals surface area contributed by atoms with Crippen LogP contribution in [0.3, 0.4) is 0 Å². The summed E-state index contributed by atoms with van der Waals surface area (Å²) in [6.07, 6.45) is 1.50. The monoisotopic (exact) mass is 294 g/mol. The van der Waals surface area contributed by atoms with Gasteiger partial charge >= 0.3 is 0 Å².